The van der Waals surface area contributed by atoms with Crippen LogP contribution in [0.5, 0.6) is 0 Å². The first-order valence-corrected chi connectivity index (χ1v) is 4.02. The van der Waals surface area contributed by atoms with Crippen LogP contribution in [0, 0.1) is 6.42 Å². The van der Waals surface area contributed by atoms with E-state index < -0.39 is 11.8 Å². The van der Waals surface area contributed by atoms with Gasteiger partial charge in [0.1, 0.15) is 0 Å². The summed E-state index contributed by atoms with van der Waals surface area (Å²) in [7, 11) is 0. The molecular weight excluding hydrogens is 182 g/mol. The molecule has 5 nitrogen and oxygen atoms in total. The molecule has 0 aliphatic carbocycles. The third-order valence-electron chi connectivity index (χ3n) is 1.49. The molecule has 5 heteroatoms. The molecule has 1 heterocycles. The fraction of sp³-hybridized carbons (Fsp3) is 0.111. The minimum absolute atomic E-state index is 0.235. The average Bonchev–Trinajstić information content (AvgIpc) is 2.19. The SMILES string of the molecule is NC(=O)C(=O)NC[CH]c1ccccn1. The number of nitrogens with zero attached hydrogens (tertiary/aromatic N) is 1. The molecule has 1 aromatic rings. The number of nitrogens with two attached hydrogens (primary N) is 1. The number of hydrogen-bond acceptors (Lipinski definition) is 3. The van der Waals surface area contributed by atoms with Crippen LogP contribution in [0.25, 0.3) is 0 Å². The van der Waals surface area contributed by atoms with Gasteiger partial charge in [0.2, 0.25) is 0 Å². The van der Waals surface area contributed by atoms with Crippen molar-refractivity contribution in [1.29, 1.82) is 0 Å². The molecule has 2 amide bonds. The zero-order chi connectivity index (χ0) is 10.4. The van der Waals surface area contributed by atoms with Crippen LogP contribution in [0.15, 0.2) is 24.4 Å². The summed E-state index contributed by atoms with van der Waals surface area (Å²) in [5, 5.41) is 2.32. The number of primary amides is 1. The van der Waals surface area contributed by atoms with Crippen molar-refractivity contribution in [2.75, 3.05) is 6.54 Å². The maximum atomic E-state index is 10.7. The molecule has 0 spiro atoms. The summed E-state index contributed by atoms with van der Waals surface area (Å²) >= 11 is 0. The van der Waals surface area contributed by atoms with Crippen molar-refractivity contribution in [1.82, 2.24) is 10.3 Å². The zero-order valence-corrected chi connectivity index (χ0v) is 7.43. The molecule has 0 fully saturated rings. The van der Waals surface area contributed by atoms with E-state index in [1.165, 1.54) is 0 Å². The maximum absolute atomic E-state index is 10.7. The second kappa shape index (κ2) is 4.96. The van der Waals surface area contributed by atoms with Crippen LogP contribution >= 0.6 is 0 Å². The van der Waals surface area contributed by atoms with Crippen LogP contribution in [0.4, 0.5) is 0 Å². The summed E-state index contributed by atoms with van der Waals surface area (Å²) in [5.74, 6) is -1.78. The molecule has 0 unspecified atom stereocenters. The first kappa shape index (κ1) is 10.2. The van der Waals surface area contributed by atoms with Gasteiger partial charge in [0.05, 0.1) is 0 Å². The summed E-state index contributed by atoms with van der Waals surface area (Å²) in [6, 6.07) is 5.41. The van der Waals surface area contributed by atoms with E-state index in [0.29, 0.717) is 0 Å². The minimum atomic E-state index is -0.987. The molecule has 1 rings (SSSR count). The molecule has 0 aliphatic rings. The number of carbonyl (C=O) groups excluding carboxylic acids is 2. The molecule has 0 aromatic carbocycles. The largest absolute Gasteiger partial charge is 0.361 e. The molecule has 0 saturated carbocycles. The fourth-order valence-electron chi connectivity index (χ4n) is 0.832. The second-order valence-electron chi connectivity index (χ2n) is 2.53. The van der Waals surface area contributed by atoms with E-state index in [-0.39, 0.29) is 6.54 Å². The van der Waals surface area contributed by atoms with E-state index in [0.717, 1.165) is 5.69 Å². The van der Waals surface area contributed by atoms with Gasteiger partial charge >= 0.3 is 11.8 Å². The van der Waals surface area contributed by atoms with E-state index in [1.807, 2.05) is 6.07 Å². The monoisotopic (exact) mass is 192 g/mol. The summed E-state index contributed by atoms with van der Waals surface area (Å²) in [6.45, 7) is 0.235. The van der Waals surface area contributed by atoms with Gasteiger partial charge in [0.25, 0.3) is 0 Å². The molecule has 0 saturated heterocycles. The van der Waals surface area contributed by atoms with Gasteiger partial charge in [-0.25, -0.2) is 0 Å². The normalized spacial score (nSPS) is 9.43. The van der Waals surface area contributed by atoms with Gasteiger partial charge in [-0.3, -0.25) is 14.6 Å². The standard InChI is InChI=1S/C9H10N3O2/c10-8(13)9(14)12-6-4-7-3-1-2-5-11-7/h1-5H,6H2,(H2,10,13)(H,12,14). The third kappa shape index (κ3) is 3.22. The van der Waals surface area contributed by atoms with E-state index in [4.69, 9.17) is 5.73 Å². The molecule has 1 aromatic heterocycles. The average molecular weight is 192 g/mol. The molecule has 3 N–H and O–H groups in total. The summed E-state index contributed by atoms with van der Waals surface area (Å²) in [6.07, 6.45) is 3.32. The molecule has 73 valence electrons. The lowest BCUT2D eigenvalue weighted by atomic mass is 10.3. The predicted molar refractivity (Wildman–Crippen MR) is 49.8 cm³/mol. The minimum Gasteiger partial charge on any atom is -0.361 e. The van der Waals surface area contributed by atoms with Gasteiger partial charge < -0.3 is 11.1 Å². The van der Waals surface area contributed by atoms with E-state index in [2.05, 4.69) is 10.3 Å². The molecule has 1 radical (unpaired) electrons. The number of rotatable bonds is 3. The Bertz CT molecular complexity index is 324. The first-order valence-electron chi connectivity index (χ1n) is 4.02. The Hall–Kier alpha value is -1.91. The number of pyridine rings is 1. The van der Waals surface area contributed by atoms with Crippen molar-refractivity contribution in [2.24, 2.45) is 5.73 Å². The summed E-state index contributed by atoms with van der Waals surface area (Å²) in [4.78, 5) is 25.0. The lowest BCUT2D eigenvalue weighted by Gasteiger charge is -2.00. The van der Waals surface area contributed by atoms with E-state index in [1.54, 1.807) is 24.8 Å². The van der Waals surface area contributed by atoms with Gasteiger partial charge in [-0.15, -0.1) is 0 Å². The van der Waals surface area contributed by atoms with Gasteiger partial charge in [-0.05, 0) is 12.1 Å². The first-order chi connectivity index (χ1) is 6.70. The molecule has 14 heavy (non-hydrogen) atoms. The van der Waals surface area contributed by atoms with Crippen LogP contribution in [-0.4, -0.2) is 23.3 Å². The van der Waals surface area contributed by atoms with Crippen LogP contribution in [0.1, 0.15) is 5.69 Å². The molecule has 0 bridgehead atoms. The van der Waals surface area contributed by atoms with Gasteiger partial charge in [-0.1, -0.05) is 6.07 Å². The highest BCUT2D eigenvalue weighted by atomic mass is 16.2. The quantitative estimate of drug-likeness (QED) is 0.617. The number of amides is 2. The van der Waals surface area contributed by atoms with Gasteiger partial charge in [0.15, 0.2) is 0 Å². The van der Waals surface area contributed by atoms with Gasteiger partial charge in [0, 0.05) is 24.9 Å². The van der Waals surface area contributed by atoms with Crippen LogP contribution in [-0.2, 0) is 9.59 Å². The molecule has 0 aliphatic heterocycles. The Morgan fingerprint density at radius 2 is 2.29 bits per heavy atom. The summed E-state index contributed by atoms with van der Waals surface area (Å²) in [5.41, 5.74) is 5.47. The summed E-state index contributed by atoms with van der Waals surface area (Å²) < 4.78 is 0. The van der Waals surface area contributed by atoms with Crippen LogP contribution in [0.3, 0.4) is 0 Å². The Balaban J connectivity index is 2.29. The number of carbonyl (C=O) groups is 2. The Morgan fingerprint density at radius 3 is 2.86 bits per heavy atom. The predicted octanol–water partition coefficient (Wildman–Crippen LogP) is -0.765. The Kier molecular flexibility index (Phi) is 3.60. The van der Waals surface area contributed by atoms with Crippen molar-refractivity contribution in [2.45, 2.75) is 0 Å². The van der Waals surface area contributed by atoms with Crippen molar-refractivity contribution < 1.29 is 9.59 Å². The smallest absolute Gasteiger partial charge is 0.309 e. The van der Waals surface area contributed by atoms with Crippen molar-refractivity contribution in [3.8, 4) is 0 Å². The lowest BCUT2D eigenvalue weighted by molar-refractivity contribution is -0.137. The maximum Gasteiger partial charge on any atom is 0.309 e. The van der Waals surface area contributed by atoms with Gasteiger partial charge in [-0.2, -0.15) is 0 Å². The number of nitrogens with one attached hydrogen (secondary N) is 1. The van der Waals surface area contributed by atoms with Crippen molar-refractivity contribution in [3.63, 3.8) is 0 Å². The number of hydrogen-bond donors (Lipinski definition) is 2. The fourth-order valence-corrected chi connectivity index (χ4v) is 0.832. The Labute approximate surface area is 81.3 Å². The van der Waals surface area contributed by atoms with Crippen LogP contribution < -0.4 is 11.1 Å². The lowest BCUT2D eigenvalue weighted by Crippen LogP contribution is -2.36. The molecule has 0 atom stereocenters. The zero-order valence-electron chi connectivity index (χ0n) is 7.43. The van der Waals surface area contributed by atoms with E-state index >= 15 is 0 Å². The highest BCUT2D eigenvalue weighted by Gasteiger charge is 2.06. The van der Waals surface area contributed by atoms with Crippen molar-refractivity contribution >= 4 is 11.8 Å². The third-order valence-corrected chi connectivity index (χ3v) is 1.49. The Morgan fingerprint density at radius 1 is 1.50 bits per heavy atom. The topological polar surface area (TPSA) is 85.1 Å². The highest BCUT2D eigenvalue weighted by Crippen LogP contribution is 1.94. The molecular formula is C9H10N3O2. The highest BCUT2D eigenvalue weighted by molar-refractivity contribution is 6.34. The number of aromatic nitrogens is 1. The second-order valence-corrected chi connectivity index (χ2v) is 2.53. The van der Waals surface area contributed by atoms with Crippen LogP contribution in [0.2, 0.25) is 0 Å². The van der Waals surface area contributed by atoms with E-state index in [9.17, 15) is 9.59 Å². The van der Waals surface area contributed by atoms with Crippen molar-refractivity contribution in [3.05, 3.63) is 36.5 Å².